The lowest BCUT2D eigenvalue weighted by Crippen LogP contribution is -2.18. The molecule has 0 radical (unpaired) electrons. The summed E-state index contributed by atoms with van der Waals surface area (Å²) in [6.07, 6.45) is 1.62. The van der Waals surface area contributed by atoms with Crippen LogP contribution in [-0.2, 0) is 6.54 Å². The Hall–Kier alpha value is -2.25. The van der Waals surface area contributed by atoms with Gasteiger partial charge in [-0.15, -0.1) is 0 Å². The molecule has 0 aliphatic carbocycles. The van der Waals surface area contributed by atoms with Crippen molar-refractivity contribution in [3.8, 4) is 6.07 Å². The molecule has 2 rings (SSSR count). The van der Waals surface area contributed by atoms with Crippen LogP contribution in [0.1, 0.15) is 29.8 Å². The second kappa shape index (κ2) is 6.07. The molecular formula is C15H14FN3. The summed E-state index contributed by atoms with van der Waals surface area (Å²) in [7, 11) is 0. The monoisotopic (exact) mass is 255 g/mol. The SMILES string of the molecule is CC(NCc1ccnc(C#N)c1)c1ccc(F)cc1. The molecule has 0 fully saturated rings. The van der Waals surface area contributed by atoms with Gasteiger partial charge in [0, 0.05) is 18.8 Å². The molecule has 1 unspecified atom stereocenters. The van der Waals surface area contributed by atoms with Crippen LogP contribution in [0.5, 0.6) is 0 Å². The van der Waals surface area contributed by atoms with Gasteiger partial charge in [0.25, 0.3) is 0 Å². The zero-order valence-corrected chi connectivity index (χ0v) is 10.6. The van der Waals surface area contributed by atoms with Gasteiger partial charge in [0.15, 0.2) is 0 Å². The Morgan fingerprint density at radius 1 is 1.32 bits per heavy atom. The van der Waals surface area contributed by atoms with Gasteiger partial charge in [-0.25, -0.2) is 9.37 Å². The molecular weight excluding hydrogens is 241 g/mol. The van der Waals surface area contributed by atoms with Crippen molar-refractivity contribution in [1.29, 1.82) is 5.26 Å². The fraction of sp³-hybridized carbons (Fsp3) is 0.200. The highest BCUT2D eigenvalue weighted by atomic mass is 19.1. The van der Waals surface area contributed by atoms with Gasteiger partial charge in [-0.2, -0.15) is 5.26 Å². The van der Waals surface area contributed by atoms with Crippen LogP contribution in [0.4, 0.5) is 4.39 Å². The van der Waals surface area contributed by atoms with Crippen LogP contribution in [0, 0.1) is 17.1 Å². The second-order valence-electron chi connectivity index (χ2n) is 4.32. The zero-order chi connectivity index (χ0) is 13.7. The number of hydrogen-bond acceptors (Lipinski definition) is 3. The van der Waals surface area contributed by atoms with Gasteiger partial charge < -0.3 is 5.32 Å². The van der Waals surface area contributed by atoms with Gasteiger partial charge >= 0.3 is 0 Å². The fourth-order valence-electron chi connectivity index (χ4n) is 1.79. The highest BCUT2D eigenvalue weighted by Gasteiger charge is 2.05. The molecule has 0 aliphatic rings. The molecule has 2 aromatic rings. The van der Waals surface area contributed by atoms with Crippen molar-refractivity contribution in [2.75, 3.05) is 0 Å². The van der Waals surface area contributed by atoms with E-state index in [-0.39, 0.29) is 11.9 Å². The van der Waals surface area contributed by atoms with E-state index in [1.54, 1.807) is 24.4 Å². The first kappa shape index (κ1) is 13.2. The molecule has 4 heteroatoms. The number of halogens is 1. The van der Waals surface area contributed by atoms with Crippen molar-refractivity contribution in [3.63, 3.8) is 0 Å². The van der Waals surface area contributed by atoms with Gasteiger partial charge in [0.05, 0.1) is 0 Å². The summed E-state index contributed by atoms with van der Waals surface area (Å²) in [5.41, 5.74) is 2.44. The van der Waals surface area contributed by atoms with E-state index in [0.29, 0.717) is 12.2 Å². The third-order valence-corrected chi connectivity index (χ3v) is 2.92. The Balaban J connectivity index is 1.98. The van der Waals surface area contributed by atoms with Crippen molar-refractivity contribution in [2.24, 2.45) is 0 Å². The first-order chi connectivity index (χ1) is 9.19. The molecule has 1 N–H and O–H groups in total. The minimum Gasteiger partial charge on any atom is -0.306 e. The summed E-state index contributed by atoms with van der Waals surface area (Å²) in [6, 6.07) is 12.2. The summed E-state index contributed by atoms with van der Waals surface area (Å²) >= 11 is 0. The number of nitriles is 1. The van der Waals surface area contributed by atoms with Gasteiger partial charge in [-0.3, -0.25) is 0 Å². The maximum atomic E-state index is 12.8. The van der Waals surface area contributed by atoms with Crippen molar-refractivity contribution >= 4 is 0 Å². The summed E-state index contributed by atoms with van der Waals surface area (Å²) in [5, 5.41) is 12.1. The smallest absolute Gasteiger partial charge is 0.140 e. The molecule has 96 valence electrons. The Morgan fingerprint density at radius 3 is 2.74 bits per heavy atom. The average molecular weight is 255 g/mol. The number of benzene rings is 1. The molecule has 0 aliphatic heterocycles. The van der Waals surface area contributed by atoms with Crippen LogP contribution in [-0.4, -0.2) is 4.98 Å². The van der Waals surface area contributed by atoms with E-state index in [1.165, 1.54) is 12.1 Å². The van der Waals surface area contributed by atoms with E-state index < -0.39 is 0 Å². The second-order valence-corrected chi connectivity index (χ2v) is 4.32. The molecule has 0 spiro atoms. The van der Waals surface area contributed by atoms with Crippen LogP contribution < -0.4 is 5.32 Å². The molecule has 1 aromatic carbocycles. The maximum Gasteiger partial charge on any atom is 0.140 e. The normalized spacial score (nSPS) is 11.8. The van der Waals surface area contributed by atoms with Crippen LogP contribution in [0.25, 0.3) is 0 Å². The molecule has 1 aromatic heterocycles. The van der Waals surface area contributed by atoms with Crippen molar-refractivity contribution in [3.05, 3.63) is 65.2 Å². The Morgan fingerprint density at radius 2 is 2.05 bits per heavy atom. The number of pyridine rings is 1. The molecule has 0 amide bonds. The van der Waals surface area contributed by atoms with Gasteiger partial charge in [-0.1, -0.05) is 12.1 Å². The van der Waals surface area contributed by atoms with Crippen LogP contribution in [0.15, 0.2) is 42.6 Å². The summed E-state index contributed by atoms with van der Waals surface area (Å²) in [6.45, 7) is 2.65. The Bertz CT molecular complexity index is 587. The van der Waals surface area contributed by atoms with Crippen molar-refractivity contribution in [1.82, 2.24) is 10.3 Å². The first-order valence-electron chi connectivity index (χ1n) is 6.03. The number of hydrogen-bond donors (Lipinski definition) is 1. The fourth-order valence-corrected chi connectivity index (χ4v) is 1.79. The quantitative estimate of drug-likeness (QED) is 0.913. The molecule has 0 saturated heterocycles. The maximum absolute atomic E-state index is 12.8. The van der Waals surface area contributed by atoms with E-state index in [1.807, 2.05) is 19.1 Å². The molecule has 19 heavy (non-hydrogen) atoms. The lowest BCUT2D eigenvalue weighted by Gasteiger charge is -2.14. The number of aromatic nitrogens is 1. The zero-order valence-electron chi connectivity index (χ0n) is 10.6. The minimum absolute atomic E-state index is 0.110. The van der Waals surface area contributed by atoms with E-state index >= 15 is 0 Å². The first-order valence-corrected chi connectivity index (χ1v) is 6.03. The van der Waals surface area contributed by atoms with Gasteiger partial charge in [0.2, 0.25) is 0 Å². The van der Waals surface area contributed by atoms with E-state index in [2.05, 4.69) is 10.3 Å². The Kier molecular flexibility index (Phi) is 4.22. The topological polar surface area (TPSA) is 48.7 Å². The van der Waals surface area contributed by atoms with Gasteiger partial charge in [-0.05, 0) is 42.3 Å². The van der Waals surface area contributed by atoms with Crippen molar-refractivity contribution < 1.29 is 4.39 Å². The standard InChI is InChI=1S/C15H14FN3/c1-11(13-2-4-14(16)5-3-13)19-10-12-6-7-18-15(8-12)9-17/h2-8,11,19H,10H2,1H3. The van der Waals surface area contributed by atoms with E-state index in [0.717, 1.165) is 11.1 Å². The third-order valence-electron chi connectivity index (χ3n) is 2.92. The lowest BCUT2D eigenvalue weighted by atomic mass is 10.1. The molecule has 1 heterocycles. The van der Waals surface area contributed by atoms with Gasteiger partial charge in [0.1, 0.15) is 17.6 Å². The average Bonchev–Trinajstić information content (AvgIpc) is 2.46. The largest absolute Gasteiger partial charge is 0.306 e. The van der Waals surface area contributed by atoms with Crippen LogP contribution in [0.2, 0.25) is 0 Å². The minimum atomic E-state index is -0.233. The van der Waals surface area contributed by atoms with Crippen LogP contribution >= 0.6 is 0 Å². The highest BCUT2D eigenvalue weighted by molar-refractivity contribution is 5.25. The van der Waals surface area contributed by atoms with Crippen molar-refractivity contribution in [2.45, 2.75) is 19.5 Å². The number of nitrogens with zero attached hydrogens (tertiary/aromatic N) is 2. The molecule has 0 saturated carbocycles. The predicted molar refractivity (Wildman–Crippen MR) is 70.6 cm³/mol. The van der Waals surface area contributed by atoms with E-state index in [4.69, 9.17) is 5.26 Å². The summed E-state index contributed by atoms with van der Waals surface area (Å²) in [4.78, 5) is 3.92. The number of nitrogens with one attached hydrogen (secondary N) is 1. The Labute approximate surface area is 111 Å². The number of rotatable bonds is 4. The summed E-state index contributed by atoms with van der Waals surface area (Å²) < 4.78 is 12.8. The molecule has 0 bridgehead atoms. The van der Waals surface area contributed by atoms with E-state index in [9.17, 15) is 4.39 Å². The van der Waals surface area contributed by atoms with Crippen LogP contribution in [0.3, 0.4) is 0 Å². The summed E-state index contributed by atoms with van der Waals surface area (Å²) in [5.74, 6) is -0.233. The predicted octanol–water partition coefficient (Wildman–Crippen LogP) is 2.94. The molecule has 1 atom stereocenters. The molecule has 3 nitrogen and oxygen atoms in total. The lowest BCUT2D eigenvalue weighted by molar-refractivity contribution is 0.571. The third kappa shape index (κ3) is 3.60. The highest BCUT2D eigenvalue weighted by Crippen LogP contribution is 2.13.